The number of rotatable bonds is 7. The fraction of sp³-hybridized carbons (Fsp3) is 0.333. The maximum Gasteiger partial charge on any atom is 0.281 e. The summed E-state index contributed by atoms with van der Waals surface area (Å²) in [6.45, 7) is 6.61. The minimum atomic E-state index is -4.22. The number of sulfonamides is 1. The average molecular weight is 499 g/mol. The molecule has 4 heterocycles. The second-order valence-corrected chi connectivity index (χ2v) is 10.3. The van der Waals surface area contributed by atoms with Crippen molar-refractivity contribution in [3.05, 3.63) is 54.2 Å². The molecule has 0 spiro atoms. The molecule has 0 aromatic carbocycles. The van der Waals surface area contributed by atoms with Crippen LogP contribution in [0.4, 0.5) is 11.6 Å². The summed E-state index contributed by atoms with van der Waals surface area (Å²) in [5.74, 6) is 0.175. The summed E-state index contributed by atoms with van der Waals surface area (Å²) in [6, 6.07) is 11.2. The number of carbonyl (C=O) groups excluding carboxylic acids is 1. The SMILES string of the molecule is CC(C)Oc1ccc(-c2ccc(C(=O)NS(=O)(=O)c3cccc(N)n3)c(N3CCC[C@H]3C)n2)cn1.[HH]. The van der Waals surface area contributed by atoms with E-state index in [4.69, 9.17) is 15.5 Å². The van der Waals surface area contributed by atoms with E-state index in [-0.39, 0.29) is 30.0 Å². The Morgan fingerprint density at radius 3 is 2.63 bits per heavy atom. The van der Waals surface area contributed by atoms with Gasteiger partial charge in [0, 0.05) is 31.8 Å². The Balaban J connectivity index is 0.00000361. The van der Waals surface area contributed by atoms with E-state index in [2.05, 4.69) is 21.6 Å². The van der Waals surface area contributed by atoms with Crippen molar-refractivity contribution in [3.63, 3.8) is 0 Å². The number of ether oxygens (including phenoxy) is 1. The predicted octanol–water partition coefficient (Wildman–Crippen LogP) is 3.26. The first kappa shape index (κ1) is 24.4. The number of nitrogens with zero attached hydrogens (tertiary/aromatic N) is 4. The molecular formula is C24H30N6O4S. The number of anilines is 2. The molecular weight excluding hydrogens is 468 g/mol. The van der Waals surface area contributed by atoms with Crippen LogP contribution in [0, 0.1) is 0 Å². The minimum Gasteiger partial charge on any atom is -0.475 e. The summed E-state index contributed by atoms with van der Waals surface area (Å²) < 4.78 is 33.2. The summed E-state index contributed by atoms with van der Waals surface area (Å²) >= 11 is 0. The van der Waals surface area contributed by atoms with Crippen molar-refractivity contribution in [1.82, 2.24) is 19.7 Å². The third-order valence-corrected chi connectivity index (χ3v) is 6.81. The van der Waals surface area contributed by atoms with Gasteiger partial charge in [0.2, 0.25) is 5.88 Å². The lowest BCUT2D eigenvalue weighted by molar-refractivity contribution is 0.0981. The van der Waals surface area contributed by atoms with Crippen LogP contribution in [0.3, 0.4) is 0 Å². The number of hydrogen-bond donors (Lipinski definition) is 2. The molecule has 0 radical (unpaired) electrons. The Morgan fingerprint density at radius 1 is 1.20 bits per heavy atom. The second-order valence-electron chi connectivity index (χ2n) is 8.64. The van der Waals surface area contributed by atoms with Gasteiger partial charge in [0.05, 0.1) is 17.4 Å². The van der Waals surface area contributed by atoms with E-state index >= 15 is 0 Å². The highest BCUT2D eigenvalue weighted by Gasteiger charge is 2.29. The molecule has 0 unspecified atom stereocenters. The van der Waals surface area contributed by atoms with Gasteiger partial charge >= 0.3 is 0 Å². The second kappa shape index (κ2) is 9.87. The zero-order valence-corrected chi connectivity index (χ0v) is 20.6. The first-order chi connectivity index (χ1) is 16.6. The fourth-order valence-corrected chi connectivity index (χ4v) is 4.85. The molecule has 1 aliphatic heterocycles. The van der Waals surface area contributed by atoms with Gasteiger partial charge in [-0.25, -0.2) is 19.7 Å². The molecule has 3 N–H and O–H groups in total. The topological polar surface area (TPSA) is 140 Å². The molecule has 10 nitrogen and oxygen atoms in total. The van der Waals surface area contributed by atoms with Gasteiger partial charge in [-0.3, -0.25) is 4.79 Å². The van der Waals surface area contributed by atoms with Gasteiger partial charge in [0.25, 0.3) is 15.9 Å². The molecule has 3 aromatic rings. The first-order valence-electron chi connectivity index (χ1n) is 11.3. The molecule has 3 aromatic heterocycles. The van der Waals surface area contributed by atoms with Crippen LogP contribution in [-0.2, 0) is 10.0 Å². The van der Waals surface area contributed by atoms with E-state index in [0.29, 0.717) is 23.9 Å². The Morgan fingerprint density at radius 2 is 2.00 bits per heavy atom. The van der Waals surface area contributed by atoms with Crippen LogP contribution in [0.25, 0.3) is 11.3 Å². The molecule has 1 fully saturated rings. The molecule has 1 atom stereocenters. The summed E-state index contributed by atoms with van der Waals surface area (Å²) in [7, 11) is -4.22. The van der Waals surface area contributed by atoms with E-state index in [1.54, 1.807) is 24.4 Å². The Bertz CT molecular complexity index is 1330. The number of nitrogen functional groups attached to an aromatic ring is 1. The largest absolute Gasteiger partial charge is 0.475 e. The standard InChI is InChI=1S/C24H28N6O4S.H2/c1-15(2)34-21-12-9-17(14-26-21)19-11-10-18(23(27-19)30-13-5-6-16(30)3)24(31)29-35(32,33)22-8-4-7-20(25)28-22;/h4,7-12,14-16H,5-6,13H2,1-3H3,(H2,25,28)(H,29,31);1H/t16-;/m1./s1. The van der Waals surface area contributed by atoms with Crippen molar-refractivity contribution >= 4 is 27.6 Å². The number of carbonyl (C=O) groups is 1. The monoisotopic (exact) mass is 498 g/mol. The van der Waals surface area contributed by atoms with E-state index in [0.717, 1.165) is 18.4 Å². The lowest BCUT2D eigenvalue weighted by atomic mass is 10.1. The Hall–Kier alpha value is -3.73. The lowest BCUT2D eigenvalue weighted by Gasteiger charge is -2.25. The molecule has 0 bridgehead atoms. The van der Waals surface area contributed by atoms with Crippen LogP contribution in [0.15, 0.2) is 53.7 Å². The highest BCUT2D eigenvalue weighted by molar-refractivity contribution is 7.90. The van der Waals surface area contributed by atoms with Crippen LogP contribution in [0.5, 0.6) is 5.88 Å². The van der Waals surface area contributed by atoms with Gasteiger partial charge in [-0.15, -0.1) is 0 Å². The van der Waals surface area contributed by atoms with Crippen LogP contribution in [-0.4, -0.2) is 48.0 Å². The van der Waals surface area contributed by atoms with Crippen molar-refractivity contribution < 1.29 is 19.4 Å². The van der Waals surface area contributed by atoms with Gasteiger partial charge in [-0.1, -0.05) is 6.07 Å². The number of nitrogens with one attached hydrogen (secondary N) is 1. The number of hydrogen-bond acceptors (Lipinski definition) is 9. The van der Waals surface area contributed by atoms with Crippen molar-refractivity contribution in [1.29, 1.82) is 0 Å². The number of pyridine rings is 3. The molecule has 1 saturated heterocycles. The summed E-state index contributed by atoms with van der Waals surface area (Å²) in [5.41, 5.74) is 7.12. The van der Waals surface area contributed by atoms with Gasteiger partial charge in [-0.2, -0.15) is 8.42 Å². The molecule has 4 rings (SSSR count). The summed E-state index contributed by atoms with van der Waals surface area (Å²) in [5, 5.41) is -0.332. The Kier molecular flexibility index (Phi) is 6.88. The van der Waals surface area contributed by atoms with Crippen molar-refractivity contribution in [2.75, 3.05) is 17.2 Å². The molecule has 1 aliphatic rings. The van der Waals surface area contributed by atoms with Crippen molar-refractivity contribution in [3.8, 4) is 17.1 Å². The quantitative estimate of drug-likeness (QED) is 0.502. The van der Waals surface area contributed by atoms with E-state index in [9.17, 15) is 13.2 Å². The van der Waals surface area contributed by atoms with Gasteiger partial charge in [0.1, 0.15) is 11.6 Å². The summed E-state index contributed by atoms with van der Waals surface area (Å²) in [4.78, 5) is 28.1. The molecule has 0 saturated carbocycles. The number of amides is 1. The average Bonchev–Trinajstić information content (AvgIpc) is 3.24. The minimum absolute atomic E-state index is 0. The molecule has 1 amide bonds. The third kappa shape index (κ3) is 5.51. The maximum absolute atomic E-state index is 13.2. The number of aromatic nitrogens is 3. The fourth-order valence-electron chi connectivity index (χ4n) is 3.91. The van der Waals surface area contributed by atoms with Gasteiger partial charge < -0.3 is 15.4 Å². The third-order valence-electron chi connectivity index (χ3n) is 5.58. The van der Waals surface area contributed by atoms with Gasteiger partial charge in [0.15, 0.2) is 5.03 Å². The van der Waals surface area contributed by atoms with Crippen LogP contribution in [0.1, 0.15) is 45.4 Å². The van der Waals surface area contributed by atoms with Crippen LogP contribution in [0.2, 0.25) is 0 Å². The molecule has 0 aliphatic carbocycles. The van der Waals surface area contributed by atoms with Crippen LogP contribution < -0.4 is 20.1 Å². The zero-order chi connectivity index (χ0) is 25.2. The van der Waals surface area contributed by atoms with Gasteiger partial charge in [-0.05, 0) is 63.9 Å². The molecule has 35 heavy (non-hydrogen) atoms. The predicted molar refractivity (Wildman–Crippen MR) is 135 cm³/mol. The highest BCUT2D eigenvalue weighted by Crippen LogP contribution is 2.30. The van der Waals surface area contributed by atoms with E-state index in [1.807, 2.05) is 24.8 Å². The normalized spacial score (nSPS) is 15.9. The highest BCUT2D eigenvalue weighted by atomic mass is 32.2. The first-order valence-corrected chi connectivity index (χ1v) is 12.8. The van der Waals surface area contributed by atoms with Crippen molar-refractivity contribution in [2.45, 2.75) is 50.8 Å². The van der Waals surface area contributed by atoms with Crippen molar-refractivity contribution in [2.24, 2.45) is 0 Å². The van der Waals surface area contributed by atoms with E-state index in [1.165, 1.54) is 18.2 Å². The molecule has 186 valence electrons. The summed E-state index contributed by atoms with van der Waals surface area (Å²) in [6.07, 6.45) is 3.56. The smallest absolute Gasteiger partial charge is 0.281 e. The zero-order valence-electron chi connectivity index (χ0n) is 19.8. The Labute approximate surface area is 206 Å². The van der Waals surface area contributed by atoms with Crippen LogP contribution >= 0.6 is 0 Å². The number of nitrogens with two attached hydrogens (primary N) is 1. The maximum atomic E-state index is 13.2. The molecule has 11 heteroatoms. The van der Waals surface area contributed by atoms with E-state index < -0.39 is 15.9 Å². The lowest BCUT2D eigenvalue weighted by Crippen LogP contribution is -2.35.